The zero-order valence-corrected chi connectivity index (χ0v) is 12.6. The molecule has 18 heavy (non-hydrogen) atoms. The Hall–Kier alpha value is -0.610. The zero-order valence-electron chi connectivity index (χ0n) is 12.6. The van der Waals surface area contributed by atoms with Crippen LogP contribution in [0.15, 0.2) is 0 Å². The van der Waals surface area contributed by atoms with Gasteiger partial charge in [0.1, 0.15) is 0 Å². The average Bonchev–Trinajstić information content (AvgIpc) is 2.37. The molecule has 0 radical (unpaired) electrons. The van der Waals surface area contributed by atoms with Crippen molar-refractivity contribution in [2.45, 2.75) is 53.0 Å². The van der Waals surface area contributed by atoms with Crippen LogP contribution in [0.2, 0.25) is 0 Å². The molecule has 0 saturated carbocycles. The summed E-state index contributed by atoms with van der Waals surface area (Å²) in [5.74, 6) is 0.229. The molecule has 0 spiro atoms. The van der Waals surface area contributed by atoms with Gasteiger partial charge in [0.2, 0.25) is 5.91 Å². The summed E-state index contributed by atoms with van der Waals surface area (Å²) in [6.07, 6.45) is 2.77. The molecular formula is C14H31N3O. The molecule has 0 bridgehead atoms. The van der Waals surface area contributed by atoms with Crippen molar-refractivity contribution in [2.24, 2.45) is 5.73 Å². The molecule has 1 unspecified atom stereocenters. The molecular weight excluding hydrogens is 226 g/mol. The number of carbonyl (C=O) groups excluding carboxylic acids is 1. The van der Waals surface area contributed by atoms with Crippen molar-refractivity contribution in [3.8, 4) is 0 Å². The number of hydrogen-bond acceptors (Lipinski definition) is 3. The Labute approximate surface area is 113 Å². The number of amides is 1. The Bertz CT molecular complexity index is 211. The average molecular weight is 257 g/mol. The summed E-state index contributed by atoms with van der Waals surface area (Å²) in [6.45, 7) is 12.6. The standard InChI is InChI=1S/C14H31N3O/c1-5-9-17(10-6-2)13(12-15)11-14(18)16(7-3)8-4/h13H,5-12,15H2,1-4H3. The van der Waals surface area contributed by atoms with Crippen LogP contribution in [-0.2, 0) is 4.79 Å². The van der Waals surface area contributed by atoms with E-state index in [1.54, 1.807) is 0 Å². The fraction of sp³-hybridized carbons (Fsp3) is 0.929. The Kier molecular flexibility index (Phi) is 9.98. The molecule has 0 rings (SSSR count). The van der Waals surface area contributed by atoms with E-state index >= 15 is 0 Å². The van der Waals surface area contributed by atoms with Crippen LogP contribution >= 0.6 is 0 Å². The highest BCUT2D eigenvalue weighted by atomic mass is 16.2. The van der Waals surface area contributed by atoms with Crippen molar-refractivity contribution in [1.29, 1.82) is 0 Å². The molecule has 0 aliphatic heterocycles. The molecule has 0 fully saturated rings. The summed E-state index contributed by atoms with van der Waals surface area (Å²) in [6, 6.07) is 0.193. The highest BCUT2D eigenvalue weighted by Gasteiger charge is 2.21. The summed E-state index contributed by atoms with van der Waals surface area (Å²) < 4.78 is 0. The lowest BCUT2D eigenvalue weighted by Crippen LogP contribution is -2.45. The van der Waals surface area contributed by atoms with E-state index in [1.165, 1.54) is 0 Å². The quantitative estimate of drug-likeness (QED) is 0.648. The van der Waals surface area contributed by atoms with Crippen LogP contribution < -0.4 is 5.73 Å². The second-order valence-corrected chi connectivity index (χ2v) is 4.70. The first kappa shape index (κ1) is 17.4. The molecule has 4 heteroatoms. The Morgan fingerprint density at radius 2 is 1.56 bits per heavy atom. The molecule has 0 aromatic heterocycles. The summed E-state index contributed by atoms with van der Waals surface area (Å²) in [4.78, 5) is 16.4. The van der Waals surface area contributed by atoms with Gasteiger partial charge >= 0.3 is 0 Å². The molecule has 1 atom stereocenters. The van der Waals surface area contributed by atoms with Crippen molar-refractivity contribution in [1.82, 2.24) is 9.80 Å². The number of nitrogens with two attached hydrogens (primary N) is 1. The lowest BCUT2D eigenvalue weighted by atomic mass is 10.1. The fourth-order valence-electron chi connectivity index (χ4n) is 2.32. The van der Waals surface area contributed by atoms with E-state index in [2.05, 4.69) is 18.7 Å². The molecule has 2 N–H and O–H groups in total. The minimum Gasteiger partial charge on any atom is -0.343 e. The van der Waals surface area contributed by atoms with Crippen LogP contribution in [0.3, 0.4) is 0 Å². The zero-order chi connectivity index (χ0) is 14.0. The predicted octanol–water partition coefficient (Wildman–Crippen LogP) is 1.69. The van der Waals surface area contributed by atoms with Gasteiger partial charge in [0.05, 0.1) is 0 Å². The SMILES string of the molecule is CCCN(CCC)C(CN)CC(=O)N(CC)CC. The highest BCUT2D eigenvalue weighted by Crippen LogP contribution is 2.08. The molecule has 0 saturated heterocycles. The second kappa shape index (κ2) is 10.3. The van der Waals surface area contributed by atoms with Crippen molar-refractivity contribution >= 4 is 5.91 Å². The number of nitrogens with zero attached hydrogens (tertiary/aromatic N) is 2. The lowest BCUT2D eigenvalue weighted by molar-refractivity contribution is -0.132. The van der Waals surface area contributed by atoms with Crippen molar-refractivity contribution in [2.75, 3.05) is 32.7 Å². The summed E-state index contributed by atoms with van der Waals surface area (Å²) in [5, 5.41) is 0. The van der Waals surface area contributed by atoms with E-state index in [0.29, 0.717) is 13.0 Å². The van der Waals surface area contributed by atoms with Gasteiger partial charge < -0.3 is 10.6 Å². The van der Waals surface area contributed by atoms with Gasteiger partial charge in [0.25, 0.3) is 0 Å². The molecule has 0 aromatic carbocycles. The van der Waals surface area contributed by atoms with E-state index in [-0.39, 0.29) is 11.9 Å². The first-order chi connectivity index (χ1) is 8.64. The van der Waals surface area contributed by atoms with Crippen LogP contribution in [0.5, 0.6) is 0 Å². The van der Waals surface area contributed by atoms with Gasteiger partial charge in [-0.3, -0.25) is 9.69 Å². The largest absolute Gasteiger partial charge is 0.343 e. The van der Waals surface area contributed by atoms with Crippen LogP contribution in [0.4, 0.5) is 0 Å². The van der Waals surface area contributed by atoms with E-state index < -0.39 is 0 Å². The Morgan fingerprint density at radius 3 is 1.89 bits per heavy atom. The number of carbonyl (C=O) groups is 1. The van der Waals surface area contributed by atoms with E-state index in [9.17, 15) is 4.79 Å². The Morgan fingerprint density at radius 1 is 1.06 bits per heavy atom. The molecule has 0 aromatic rings. The second-order valence-electron chi connectivity index (χ2n) is 4.70. The maximum atomic E-state index is 12.1. The first-order valence-corrected chi connectivity index (χ1v) is 7.36. The van der Waals surface area contributed by atoms with E-state index in [0.717, 1.165) is 39.0 Å². The van der Waals surface area contributed by atoms with Crippen LogP contribution in [0.1, 0.15) is 47.0 Å². The normalized spacial score (nSPS) is 12.8. The van der Waals surface area contributed by atoms with Gasteiger partial charge in [-0.15, -0.1) is 0 Å². The smallest absolute Gasteiger partial charge is 0.224 e. The summed E-state index contributed by atoms with van der Waals surface area (Å²) in [7, 11) is 0. The summed E-state index contributed by atoms with van der Waals surface area (Å²) in [5.41, 5.74) is 5.85. The monoisotopic (exact) mass is 257 g/mol. The topological polar surface area (TPSA) is 49.6 Å². The molecule has 1 amide bonds. The summed E-state index contributed by atoms with van der Waals surface area (Å²) >= 11 is 0. The third kappa shape index (κ3) is 5.83. The third-order valence-corrected chi connectivity index (χ3v) is 3.34. The van der Waals surface area contributed by atoms with Gasteiger partial charge in [-0.05, 0) is 39.8 Å². The van der Waals surface area contributed by atoms with Gasteiger partial charge in [-0.2, -0.15) is 0 Å². The van der Waals surface area contributed by atoms with Crippen LogP contribution in [0.25, 0.3) is 0 Å². The van der Waals surface area contributed by atoms with Crippen molar-refractivity contribution < 1.29 is 4.79 Å². The van der Waals surface area contributed by atoms with Crippen LogP contribution in [0, 0.1) is 0 Å². The minimum absolute atomic E-state index is 0.193. The molecule has 4 nitrogen and oxygen atoms in total. The first-order valence-electron chi connectivity index (χ1n) is 7.36. The highest BCUT2D eigenvalue weighted by molar-refractivity contribution is 5.76. The number of rotatable bonds is 10. The maximum absolute atomic E-state index is 12.1. The van der Waals surface area contributed by atoms with Gasteiger partial charge in [-0.1, -0.05) is 13.8 Å². The van der Waals surface area contributed by atoms with Crippen LogP contribution in [-0.4, -0.2) is 54.5 Å². The predicted molar refractivity (Wildman–Crippen MR) is 77.5 cm³/mol. The fourth-order valence-corrected chi connectivity index (χ4v) is 2.32. The van der Waals surface area contributed by atoms with E-state index in [1.807, 2.05) is 18.7 Å². The van der Waals surface area contributed by atoms with Gasteiger partial charge in [-0.25, -0.2) is 0 Å². The number of hydrogen-bond donors (Lipinski definition) is 1. The molecule has 0 aliphatic rings. The van der Waals surface area contributed by atoms with Gasteiger partial charge in [0.15, 0.2) is 0 Å². The molecule has 0 heterocycles. The maximum Gasteiger partial charge on any atom is 0.224 e. The molecule has 0 aliphatic carbocycles. The molecule has 108 valence electrons. The van der Waals surface area contributed by atoms with Crippen molar-refractivity contribution in [3.63, 3.8) is 0 Å². The van der Waals surface area contributed by atoms with E-state index in [4.69, 9.17) is 5.73 Å². The minimum atomic E-state index is 0.193. The lowest BCUT2D eigenvalue weighted by Gasteiger charge is -2.31. The third-order valence-electron chi connectivity index (χ3n) is 3.34. The Balaban J connectivity index is 4.49. The van der Waals surface area contributed by atoms with Crippen molar-refractivity contribution in [3.05, 3.63) is 0 Å². The van der Waals surface area contributed by atoms with Gasteiger partial charge in [0, 0.05) is 32.1 Å².